The van der Waals surface area contributed by atoms with E-state index in [2.05, 4.69) is 4.90 Å². The highest BCUT2D eigenvalue weighted by atomic mass is 16.3. The number of aliphatic hydroxyl groups excluding tert-OH is 2. The second kappa shape index (κ2) is 5.44. The number of hydrogen-bond donors (Lipinski definition) is 2. The van der Waals surface area contributed by atoms with Crippen molar-refractivity contribution in [1.29, 1.82) is 0 Å². The van der Waals surface area contributed by atoms with Crippen LogP contribution >= 0.6 is 0 Å². The first-order valence-electron chi connectivity index (χ1n) is 5.21. The zero-order chi connectivity index (χ0) is 10.6. The van der Waals surface area contributed by atoms with Crippen LogP contribution in [-0.4, -0.2) is 53.2 Å². The number of nitrogens with zero attached hydrogens (tertiary/aromatic N) is 1. The lowest BCUT2D eigenvalue weighted by Gasteiger charge is -2.32. The minimum absolute atomic E-state index is 0.120. The maximum atomic E-state index is 11.4. The normalized spacial score (nSPS) is 26.5. The quantitative estimate of drug-likeness (QED) is 0.652. The molecule has 0 aromatic carbocycles. The first-order valence-corrected chi connectivity index (χ1v) is 5.21. The highest BCUT2D eigenvalue weighted by molar-refractivity contribution is 5.82. The Kier molecular flexibility index (Phi) is 4.51. The van der Waals surface area contributed by atoms with Crippen molar-refractivity contribution >= 4 is 5.78 Å². The van der Waals surface area contributed by atoms with Gasteiger partial charge in [-0.25, -0.2) is 0 Å². The number of carbonyl (C=O) groups excluding carboxylic acids is 1. The van der Waals surface area contributed by atoms with Crippen molar-refractivity contribution in [3.05, 3.63) is 0 Å². The molecule has 0 radical (unpaired) electrons. The van der Waals surface area contributed by atoms with Gasteiger partial charge >= 0.3 is 0 Å². The van der Waals surface area contributed by atoms with E-state index in [1.165, 1.54) is 0 Å². The molecule has 1 fully saturated rings. The van der Waals surface area contributed by atoms with E-state index in [-0.39, 0.29) is 12.5 Å². The predicted molar refractivity (Wildman–Crippen MR) is 52.9 cm³/mol. The summed E-state index contributed by atoms with van der Waals surface area (Å²) in [5, 5.41) is 18.0. The molecule has 82 valence electrons. The van der Waals surface area contributed by atoms with E-state index >= 15 is 0 Å². The first kappa shape index (κ1) is 11.6. The Morgan fingerprint density at radius 3 is 2.93 bits per heavy atom. The van der Waals surface area contributed by atoms with E-state index in [0.29, 0.717) is 25.3 Å². The molecule has 4 heteroatoms. The van der Waals surface area contributed by atoms with Crippen LogP contribution in [0, 0.1) is 5.92 Å². The van der Waals surface area contributed by atoms with Gasteiger partial charge in [0.1, 0.15) is 5.78 Å². The van der Waals surface area contributed by atoms with Gasteiger partial charge in [0, 0.05) is 32.0 Å². The number of ketones is 1. The van der Waals surface area contributed by atoms with E-state index in [4.69, 9.17) is 5.11 Å². The number of carbonyl (C=O) groups is 1. The van der Waals surface area contributed by atoms with Crippen LogP contribution in [0.3, 0.4) is 0 Å². The molecule has 1 aliphatic heterocycles. The van der Waals surface area contributed by atoms with Crippen molar-refractivity contribution in [3.8, 4) is 0 Å². The van der Waals surface area contributed by atoms with Gasteiger partial charge in [0.15, 0.2) is 0 Å². The lowest BCUT2D eigenvalue weighted by molar-refractivity contribution is -0.126. The first-order chi connectivity index (χ1) is 6.67. The molecule has 2 N–H and O–H groups in total. The van der Waals surface area contributed by atoms with Crippen LogP contribution in [0.15, 0.2) is 0 Å². The summed E-state index contributed by atoms with van der Waals surface area (Å²) in [5.41, 5.74) is 0. The van der Waals surface area contributed by atoms with E-state index in [9.17, 15) is 9.90 Å². The second-order valence-electron chi connectivity index (χ2n) is 3.92. The lowest BCUT2D eigenvalue weighted by Crippen LogP contribution is -2.44. The summed E-state index contributed by atoms with van der Waals surface area (Å²) >= 11 is 0. The molecule has 0 spiro atoms. The zero-order valence-electron chi connectivity index (χ0n) is 8.65. The Balaban J connectivity index is 2.38. The van der Waals surface area contributed by atoms with Gasteiger partial charge in [-0.2, -0.15) is 0 Å². The minimum atomic E-state index is -0.680. The molecular formula is C10H19NO3. The lowest BCUT2D eigenvalue weighted by atomic mass is 9.94. The maximum absolute atomic E-state index is 11.4. The van der Waals surface area contributed by atoms with Crippen LogP contribution in [0.4, 0.5) is 0 Å². The van der Waals surface area contributed by atoms with Crippen LogP contribution in [0.1, 0.15) is 19.8 Å². The smallest absolute Gasteiger partial charge is 0.138 e. The predicted octanol–water partition coefficient (Wildman–Crippen LogP) is -0.359. The number of hydrogen-bond acceptors (Lipinski definition) is 4. The van der Waals surface area contributed by atoms with Gasteiger partial charge in [-0.1, -0.05) is 6.92 Å². The second-order valence-corrected chi connectivity index (χ2v) is 3.92. The van der Waals surface area contributed by atoms with Crippen LogP contribution in [-0.2, 0) is 4.79 Å². The Bertz CT molecular complexity index is 196. The summed E-state index contributed by atoms with van der Waals surface area (Å²) in [5.74, 6) is 0.455. The van der Waals surface area contributed by atoms with Gasteiger partial charge < -0.3 is 10.2 Å². The fourth-order valence-corrected chi connectivity index (χ4v) is 1.86. The Morgan fingerprint density at radius 2 is 2.36 bits per heavy atom. The van der Waals surface area contributed by atoms with Crippen molar-refractivity contribution in [3.63, 3.8) is 0 Å². The van der Waals surface area contributed by atoms with Gasteiger partial charge in [-0.05, 0) is 6.42 Å². The minimum Gasteiger partial charge on any atom is -0.394 e. The molecule has 0 aromatic heterocycles. The molecule has 0 aliphatic carbocycles. The SMILES string of the molecule is CCC1CN(CC(O)CO)CCC1=O. The zero-order valence-corrected chi connectivity index (χ0v) is 8.65. The van der Waals surface area contributed by atoms with Crippen LogP contribution in [0.2, 0.25) is 0 Å². The number of aliphatic hydroxyl groups is 2. The largest absolute Gasteiger partial charge is 0.394 e. The molecular weight excluding hydrogens is 182 g/mol. The molecule has 2 atom stereocenters. The number of β-amino-alcohol motifs (C(OH)–C–C–N with tert-alkyl or cyclic N) is 1. The monoisotopic (exact) mass is 201 g/mol. The molecule has 14 heavy (non-hydrogen) atoms. The summed E-state index contributed by atoms with van der Waals surface area (Å²) in [4.78, 5) is 13.4. The Hall–Kier alpha value is -0.450. The number of rotatable bonds is 4. The van der Waals surface area contributed by atoms with Crippen molar-refractivity contribution in [2.75, 3.05) is 26.2 Å². The summed E-state index contributed by atoms with van der Waals surface area (Å²) in [7, 11) is 0. The molecule has 0 saturated carbocycles. The third kappa shape index (κ3) is 3.04. The molecule has 1 aliphatic rings. The molecule has 1 heterocycles. The molecule has 0 amide bonds. The molecule has 2 unspecified atom stereocenters. The standard InChI is InChI=1S/C10H19NO3/c1-2-8-5-11(4-3-10(8)14)6-9(13)7-12/h8-9,12-13H,2-7H2,1H3. The Morgan fingerprint density at radius 1 is 1.64 bits per heavy atom. The molecule has 0 aromatic rings. The molecule has 0 bridgehead atoms. The average Bonchev–Trinajstić information content (AvgIpc) is 2.20. The number of Topliss-reactive ketones (excluding diaryl/α,β-unsaturated/α-hetero) is 1. The van der Waals surface area contributed by atoms with Crippen molar-refractivity contribution in [1.82, 2.24) is 4.90 Å². The van der Waals surface area contributed by atoms with E-state index in [0.717, 1.165) is 13.0 Å². The summed E-state index contributed by atoms with van der Waals surface area (Å²) in [6, 6.07) is 0. The maximum Gasteiger partial charge on any atom is 0.138 e. The molecule has 4 nitrogen and oxygen atoms in total. The van der Waals surface area contributed by atoms with E-state index in [1.807, 2.05) is 6.92 Å². The fraction of sp³-hybridized carbons (Fsp3) is 0.900. The van der Waals surface area contributed by atoms with Crippen molar-refractivity contribution in [2.24, 2.45) is 5.92 Å². The van der Waals surface area contributed by atoms with Crippen molar-refractivity contribution in [2.45, 2.75) is 25.9 Å². The molecule has 1 saturated heterocycles. The van der Waals surface area contributed by atoms with Gasteiger partial charge in [0.25, 0.3) is 0 Å². The van der Waals surface area contributed by atoms with Gasteiger partial charge in [-0.15, -0.1) is 0 Å². The van der Waals surface area contributed by atoms with Gasteiger partial charge in [0.05, 0.1) is 12.7 Å². The fourth-order valence-electron chi connectivity index (χ4n) is 1.86. The summed E-state index contributed by atoms with van der Waals surface area (Å²) in [6.07, 6.45) is 0.766. The summed E-state index contributed by atoms with van der Waals surface area (Å²) in [6.45, 7) is 3.72. The van der Waals surface area contributed by atoms with Crippen LogP contribution in [0.5, 0.6) is 0 Å². The molecule has 1 rings (SSSR count). The van der Waals surface area contributed by atoms with Crippen LogP contribution < -0.4 is 0 Å². The number of likely N-dealkylation sites (tertiary alicyclic amines) is 1. The topological polar surface area (TPSA) is 60.8 Å². The highest BCUT2D eigenvalue weighted by Crippen LogP contribution is 2.15. The van der Waals surface area contributed by atoms with Gasteiger partial charge in [-0.3, -0.25) is 9.69 Å². The number of piperidine rings is 1. The van der Waals surface area contributed by atoms with E-state index in [1.54, 1.807) is 0 Å². The van der Waals surface area contributed by atoms with Crippen LogP contribution in [0.25, 0.3) is 0 Å². The van der Waals surface area contributed by atoms with E-state index < -0.39 is 6.10 Å². The third-order valence-electron chi connectivity index (χ3n) is 2.78. The summed E-state index contributed by atoms with van der Waals surface area (Å²) < 4.78 is 0. The van der Waals surface area contributed by atoms with Gasteiger partial charge in [0.2, 0.25) is 0 Å². The Labute approximate surface area is 84.5 Å². The average molecular weight is 201 g/mol. The van der Waals surface area contributed by atoms with Crippen molar-refractivity contribution < 1.29 is 15.0 Å². The third-order valence-corrected chi connectivity index (χ3v) is 2.78. The highest BCUT2D eigenvalue weighted by Gasteiger charge is 2.26.